The molecule has 1 aliphatic heterocycles. The van der Waals surface area contributed by atoms with Crippen molar-refractivity contribution in [3.8, 4) is 11.5 Å². The zero-order valence-corrected chi connectivity index (χ0v) is 17.7. The van der Waals surface area contributed by atoms with E-state index in [1.165, 1.54) is 5.00 Å². The van der Waals surface area contributed by atoms with Gasteiger partial charge >= 0.3 is 0 Å². The molecule has 0 unspecified atom stereocenters. The highest BCUT2D eigenvalue weighted by atomic mass is 32.1. The van der Waals surface area contributed by atoms with Gasteiger partial charge in [-0.3, -0.25) is 4.99 Å². The van der Waals surface area contributed by atoms with Gasteiger partial charge in [0, 0.05) is 32.7 Å². The fraction of sp³-hybridized carbons (Fsp3) is 0.476. The number of aliphatic imine (C=N–C) groups is 1. The Kier molecular flexibility index (Phi) is 7.42. The molecule has 1 fully saturated rings. The molecule has 3 rings (SSSR count). The van der Waals surface area contributed by atoms with E-state index >= 15 is 0 Å². The first kappa shape index (κ1) is 20.3. The highest BCUT2D eigenvalue weighted by Gasteiger charge is 2.20. The molecule has 0 atom stereocenters. The second kappa shape index (κ2) is 10.2. The van der Waals surface area contributed by atoms with Crippen LogP contribution in [0.3, 0.4) is 0 Å². The van der Waals surface area contributed by atoms with Crippen LogP contribution in [0.5, 0.6) is 11.5 Å². The predicted octanol–water partition coefficient (Wildman–Crippen LogP) is 3.14. The number of guanidine groups is 1. The number of nitrogens with zero attached hydrogens (tertiary/aromatic N) is 2. The molecular weight excluding hydrogens is 372 g/mol. The molecule has 2 heterocycles. The van der Waals surface area contributed by atoms with Crippen molar-refractivity contribution in [3.63, 3.8) is 0 Å². The average molecular weight is 403 g/mol. The van der Waals surface area contributed by atoms with Gasteiger partial charge in [0.05, 0.1) is 19.2 Å². The third-order valence-electron chi connectivity index (χ3n) is 5.05. The molecule has 7 heteroatoms. The van der Waals surface area contributed by atoms with Crippen molar-refractivity contribution in [2.45, 2.75) is 25.3 Å². The summed E-state index contributed by atoms with van der Waals surface area (Å²) < 4.78 is 10.8. The summed E-state index contributed by atoms with van der Waals surface area (Å²) in [6.07, 6.45) is 3.06. The molecule has 1 saturated heterocycles. The number of nitrogens with one attached hydrogen (secondary N) is 2. The topological polar surface area (TPSA) is 58.1 Å². The Hall–Kier alpha value is -2.41. The lowest BCUT2D eigenvalue weighted by Crippen LogP contribution is -2.49. The Balaban J connectivity index is 1.45. The van der Waals surface area contributed by atoms with Gasteiger partial charge in [-0.25, -0.2) is 0 Å². The Morgan fingerprint density at radius 3 is 2.68 bits per heavy atom. The summed E-state index contributed by atoms with van der Waals surface area (Å²) in [5.41, 5.74) is 1.12. The van der Waals surface area contributed by atoms with Crippen molar-refractivity contribution in [1.82, 2.24) is 10.6 Å². The molecule has 0 saturated carbocycles. The van der Waals surface area contributed by atoms with Gasteiger partial charge in [-0.05, 0) is 60.5 Å². The first-order valence-electron chi connectivity index (χ1n) is 9.70. The van der Waals surface area contributed by atoms with Gasteiger partial charge < -0.3 is 25.0 Å². The van der Waals surface area contributed by atoms with Gasteiger partial charge in [0.25, 0.3) is 0 Å². The van der Waals surface area contributed by atoms with Gasteiger partial charge in [0.15, 0.2) is 5.96 Å². The van der Waals surface area contributed by atoms with E-state index in [1.54, 1.807) is 14.2 Å². The number of piperidine rings is 1. The van der Waals surface area contributed by atoms with E-state index in [9.17, 15) is 0 Å². The lowest BCUT2D eigenvalue weighted by molar-refractivity contribution is 0.398. The quantitative estimate of drug-likeness (QED) is 0.550. The summed E-state index contributed by atoms with van der Waals surface area (Å²) in [6, 6.07) is 10.7. The standard InChI is InChI=1S/C21H30N4O2S/c1-22-21(23-11-8-16-15-18(26-2)6-7-19(16)27-3)24-17-9-12-25(13-10-17)20-5-4-14-28-20/h4-7,14-15,17H,8-13H2,1-3H3,(H2,22,23,24). The summed E-state index contributed by atoms with van der Waals surface area (Å²) >= 11 is 1.81. The van der Waals surface area contributed by atoms with Crippen LogP contribution in [0.2, 0.25) is 0 Å². The number of rotatable bonds is 7. The third-order valence-corrected chi connectivity index (χ3v) is 5.98. The van der Waals surface area contributed by atoms with Crippen molar-refractivity contribution in [2.75, 3.05) is 45.8 Å². The van der Waals surface area contributed by atoms with Crippen LogP contribution in [0.25, 0.3) is 0 Å². The minimum Gasteiger partial charge on any atom is -0.497 e. The summed E-state index contributed by atoms with van der Waals surface area (Å²) in [6.45, 7) is 2.93. The smallest absolute Gasteiger partial charge is 0.191 e. The number of anilines is 1. The zero-order chi connectivity index (χ0) is 19.8. The summed E-state index contributed by atoms with van der Waals surface area (Å²) in [4.78, 5) is 6.85. The molecule has 2 N–H and O–H groups in total. The SMILES string of the molecule is CN=C(NCCc1cc(OC)ccc1OC)NC1CCN(c2cccs2)CC1. The molecule has 1 aliphatic rings. The maximum Gasteiger partial charge on any atom is 0.191 e. The zero-order valence-electron chi connectivity index (χ0n) is 16.9. The molecular formula is C21H30N4O2S. The van der Waals surface area contributed by atoms with Crippen LogP contribution in [0, 0.1) is 0 Å². The Morgan fingerprint density at radius 1 is 1.21 bits per heavy atom. The Morgan fingerprint density at radius 2 is 2.04 bits per heavy atom. The van der Waals surface area contributed by atoms with Gasteiger partial charge in [0.1, 0.15) is 11.5 Å². The molecule has 1 aromatic carbocycles. The molecule has 1 aromatic heterocycles. The minimum atomic E-state index is 0.453. The van der Waals surface area contributed by atoms with Crippen LogP contribution in [-0.4, -0.2) is 52.9 Å². The Bertz CT molecular complexity index is 756. The third kappa shape index (κ3) is 5.32. The lowest BCUT2D eigenvalue weighted by Gasteiger charge is -2.33. The van der Waals surface area contributed by atoms with E-state index in [1.807, 2.05) is 36.6 Å². The van der Waals surface area contributed by atoms with E-state index in [0.29, 0.717) is 6.04 Å². The number of benzene rings is 1. The monoisotopic (exact) mass is 402 g/mol. The second-order valence-electron chi connectivity index (χ2n) is 6.78. The highest BCUT2D eigenvalue weighted by Crippen LogP contribution is 2.25. The fourth-order valence-corrected chi connectivity index (χ4v) is 4.26. The molecule has 0 aliphatic carbocycles. The van der Waals surface area contributed by atoms with Crippen LogP contribution in [0.15, 0.2) is 40.7 Å². The van der Waals surface area contributed by atoms with E-state index in [-0.39, 0.29) is 0 Å². The fourth-order valence-electron chi connectivity index (χ4n) is 3.47. The second-order valence-corrected chi connectivity index (χ2v) is 7.71. The van der Waals surface area contributed by atoms with Crippen molar-refractivity contribution < 1.29 is 9.47 Å². The molecule has 0 amide bonds. The van der Waals surface area contributed by atoms with E-state index in [0.717, 1.165) is 61.9 Å². The predicted molar refractivity (Wildman–Crippen MR) is 117 cm³/mol. The first-order chi connectivity index (χ1) is 13.7. The van der Waals surface area contributed by atoms with Crippen LogP contribution in [0.4, 0.5) is 5.00 Å². The average Bonchev–Trinajstić information content (AvgIpc) is 3.28. The minimum absolute atomic E-state index is 0.453. The molecule has 0 bridgehead atoms. The van der Waals surface area contributed by atoms with Gasteiger partial charge in [0.2, 0.25) is 0 Å². The van der Waals surface area contributed by atoms with Crippen LogP contribution >= 0.6 is 11.3 Å². The van der Waals surface area contributed by atoms with Gasteiger partial charge in [-0.1, -0.05) is 0 Å². The maximum atomic E-state index is 5.46. The van der Waals surface area contributed by atoms with E-state index in [2.05, 4.69) is 38.0 Å². The summed E-state index contributed by atoms with van der Waals surface area (Å²) in [7, 11) is 5.20. The molecule has 152 valence electrons. The van der Waals surface area contributed by atoms with Crippen LogP contribution in [-0.2, 0) is 6.42 Å². The number of hydrogen-bond donors (Lipinski definition) is 2. The largest absolute Gasteiger partial charge is 0.497 e. The van der Waals surface area contributed by atoms with E-state index < -0.39 is 0 Å². The maximum absolute atomic E-state index is 5.46. The van der Waals surface area contributed by atoms with Crippen molar-refractivity contribution in [2.24, 2.45) is 4.99 Å². The molecule has 6 nitrogen and oxygen atoms in total. The summed E-state index contributed by atoms with van der Waals surface area (Å²) in [5, 5.41) is 10.5. The van der Waals surface area contributed by atoms with Crippen molar-refractivity contribution >= 4 is 22.3 Å². The normalized spacial score (nSPS) is 15.4. The Labute approximate surface area is 171 Å². The summed E-state index contributed by atoms with van der Waals surface area (Å²) in [5.74, 6) is 2.58. The first-order valence-corrected chi connectivity index (χ1v) is 10.6. The molecule has 2 aromatic rings. The molecule has 28 heavy (non-hydrogen) atoms. The highest BCUT2D eigenvalue weighted by molar-refractivity contribution is 7.14. The molecule has 0 spiro atoms. The number of hydrogen-bond acceptors (Lipinski definition) is 5. The molecule has 0 radical (unpaired) electrons. The van der Waals surface area contributed by atoms with Crippen molar-refractivity contribution in [3.05, 3.63) is 41.3 Å². The lowest BCUT2D eigenvalue weighted by atomic mass is 10.1. The van der Waals surface area contributed by atoms with E-state index in [4.69, 9.17) is 9.47 Å². The van der Waals surface area contributed by atoms with Crippen molar-refractivity contribution in [1.29, 1.82) is 0 Å². The number of thiophene rings is 1. The van der Waals surface area contributed by atoms with Crippen LogP contribution in [0.1, 0.15) is 18.4 Å². The van der Waals surface area contributed by atoms with Gasteiger partial charge in [-0.2, -0.15) is 0 Å². The van der Waals surface area contributed by atoms with Gasteiger partial charge in [-0.15, -0.1) is 11.3 Å². The number of ether oxygens (including phenoxy) is 2. The number of methoxy groups -OCH3 is 2. The van der Waals surface area contributed by atoms with Crippen LogP contribution < -0.4 is 25.0 Å².